The zero-order valence-electron chi connectivity index (χ0n) is 13.9. The molecular formula is C19H20O6. The van der Waals surface area contributed by atoms with E-state index < -0.39 is 12.3 Å². The van der Waals surface area contributed by atoms with E-state index in [0.717, 1.165) is 11.3 Å². The fraction of sp³-hybridized carbons (Fsp3) is 0.316. The molecular weight excluding hydrogens is 324 g/mol. The molecule has 2 aromatic rings. The maximum Gasteiger partial charge on any atom is 0.307 e. The number of hydrogen-bond acceptors (Lipinski definition) is 5. The third-order valence-corrected chi connectivity index (χ3v) is 3.86. The van der Waals surface area contributed by atoms with Gasteiger partial charge in [-0.3, -0.25) is 4.79 Å². The van der Waals surface area contributed by atoms with Crippen LogP contribution in [0.5, 0.6) is 11.5 Å². The number of hydrogen-bond donors (Lipinski definition) is 1. The lowest BCUT2D eigenvalue weighted by Gasteiger charge is -2.17. The fourth-order valence-electron chi connectivity index (χ4n) is 2.62. The fourth-order valence-corrected chi connectivity index (χ4v) is 2.62. The van der Waals surface area contributed by atoms with Gasteiger partial charge in [0, 0.05) is 0 Å². The molecule has 25 heavy (non-hydrogen) atoms. The van der Waals surface area contributed by atoms with E-state index in [0.29, 0.717) is 36.7 Å². The van der Waals surface area contributed by atoms with Crippen molar-refractivity contribution in [1.82, 2.24) is 0 Å². The molecule has 0 atom stereocenters. The van der Waals surface area contributed by atoms with E-state index in [2.05, 4.69) is 0 Å². The minimum Gasteiger partial charge on any atom is -0.497 e. The van der Waals surface area contributed by atoms with Crippen molar-refractivity contribution < 1.29 is 28.8 Å². The summed E-state index contributed by atoms with van der Waals surface area (Å²) in [5.41, 5.74) is 2.39. The first-order valence-electron chi connectivity index (χ1n) is 7.99. The minimum absolute atomic E-state index is 0.0571. The topological polar surface area (TPSA) is 74.2 Å². The molecule has 0 saturated carbocycles. The number of carboxylic acids is 1. The molecule has 1 saturated heterocycles. The van der Waals surface area contributed by atoms with Gasteiger partial charge in [-0.25, -0.2) is 0 Å². The summed E-state index contributed by atoms with van der Waals surface area (Å²) in [6.07, 6.45) is -0.585. The summed E-state index contributed by atoms with van der Waals surface area (Å²) in [5.74, 6) is 0.526. The van der Waals surface area contributed by atoms with E-state index in [1.54, 1.807) is 25.3 Å². The van der Waals surface area contributed by atoms with Crippen molar-refractivity contribution >= 4 is 5.97 Å². The predicted molar refractivity (Wildman–Crippen MR) is 89.8 cm³/mol. The van der Waals surface area contributed by atoms with Crippen molar-refractivity contribution in [2.24, 2.45) is 0 Å². The number of rotatable bonds is 7. The van der Waals surface area contributed by atoms with Gasteiger partial charge >= 0.3 is 5.97 Å². The van der Waals surface area contributed by atoms with Crippen LogP contribution >= 0.6 is 0 Å². The summed E-state index contributed by atoms with van der Waals surface area (Å²) in [6, 6.07) is 12.9. The van der Waals surface area contributed by atoms with Gasteiger partial charge in [-0.05, 0) is 35.4 Å². The van der Waals surface area contributed by atoms with Crippen LogP contribution in [0.3, 0.4) is 0 Å². The molecule has 3 rings (SSSR count). The van der Waals surface area contributed by atoms with Crippen LogP contribution in [0.25, 0.3) is 0 Å². The molecule has 0 aliphatic carbocycles. The van der Waals surface area contributed by atoms with Crippen LogP contribution < -0.4 is 9.47 Å². The monoisotopic (exact) mass is 344 g/mol. The van der Waals surface area contributed by atoms with Crippen molar-refractivity contribution in [2.75, 3.05) is 20.3 Å². The Balaban J connectivity index is 1.77. The summed E-state index contributed by atoms with van der Waals surface area (Å²) in [6.45, 7) is 1.39. The van der Waals surface area contributed by atoms with Crippen molar-refractivity contribution in [3.63, 3.8) is 0 Å². The Morgan fingerprint density at radius 3 is 2.44 bits per heavy atom. The maximum atomic E-state index is 10.9. The van der Waals surface area contributed by atoms with Gasteiger partial charge in [-0.15, -0.1) is 0 Å². The largest absolute Gasteiger partial charge is 0.497 e. The molecule has 1 aliphatic rings. The lowest BCUT2D eigenvalue weighted by molar-refractivity contribution is -0.136. The second kappa shape index (κ2) is 8.00. The Bertz CT molecular complexity index is 719. The SMILES string of the molecule is COc1ccc(COc2ccc(CC(=O)O)cc2C2OCCO2)cc1. The van der Waals surface area contributed by atoms with Crippen molar-refractivity contribution in [2.45, 2.75) is 19.3 Å². The molecule has 0 unspecified atom stereocenters. The number of methoxy groups -OCH3 is 1. The van der Waals surface area contributed by atoms with E-state index >= 15 is 0 Å². The van der Waals surface area contributed by atoms with Gasteiger partial charge in [0.2, 0.25) is 0 Å². The number of aliphatic carboxylic acids is 1. The highest BCUT2D eigenvalue weighted by molar-refractivity contribution is 5.70. The molecule has 1 N–H and O–H groups in total. The Morgan fingerprint density at radius 1 is 1.12 bits per heavy atom. The molecule has 6 heteroatoms. The van der Waals surface area contributed by atoms with Crippen LogP contribution in [0, 0.1) is 0 Å². The smallest absolute Gasteiger partial charge is 0.307 e. The molecule has 1 aliphatic heterocycles. The zero-order valence-corrected chi connectivity index (χ0v) is 13.9. The molecule has 0 aromatic heterocycles. The van der Waals surface area contributed by atoms with E-state index in [1.165, 1.54) is 0 Å². The summed E-state index contributed by atoms with van der Waals surface area (Å²) >= 11 is 0. The molecule has 1 heterocycles. The highest BCUT2D eigenvalue weighted by atomic mass is 16.7. The van der Waals surface area contributed by atoms with Crippen molar-refractivity contribution in [1.29, 1.82) is 0 Å². The molecule has 132 valence electrons. The molecule has 0 radical (unpaired) electrons. The number of carboxylic acid groups (broad SMARTS) is 1. The van der Waals surface area contributed by atoms with E-state index in [9.17, 15) is 4.79 Å². The highest BCUT2D eigenvalue weighted by Gasteiger charge is 2.23. The quantitative estimate of drug-likeness (QED) is 0.832. The standard InChI is InChI=1S/C19H20O6/c1-22-15-5-2-13(3-6-15)12-25-17-7-4-14(11-18(20)21)10-16(17)19-23-8-9-24-19/h2-7,10,19H,8-9,11-12H2,1H3,(H,20,21). The average Bonchev–Trinajstić information content (AvgIpc) is 3.15. The van der Waals surface area contributed by atoms with Crippen LogP contribution in [0.2, 0.25) is 0 Å². The van der Waals surface area contributed by atoms with Crippen LogP contribution in [0.4, 0.5) is 0 Å². The first-order chi connectivity index (χ1) is 12.2. The third kappa shape index (κ3) is 4.49. The van der Waals surface area contributed by atoms with Crippen molar-refractivity contribution in [3.05, 3.63) is 59.2 Å². The normalized spacial score (nSPS) is 14.4. The summed E-state index contributed by atoms with van der Waals surface area (Å²) in [5, 5.41) is 8.98. The lowest BCUT2D eigenvalue weighted by Crippen LogP contribution is -2.07. The third-order valence-electron chi connectivity index (χ3n) is 3.86. The maximum absolute atomic E-state index is 10.9. The molecule has 0 amide bonds. The Labute approximate surface area is 145 Å². The molecule has 0 bridgehead atoms. The molecule has 2 aromatic carbocycles. The highest BCUT2D eigenvalue weighted by Crippen LogP contribution is 2.33. The van der Waals surface area contributed by atoms with Gasteiger partial charge in [0.1, 0.15) is 18.1 Å². The summed E-state index contributed by atoms with van der Waals surface area (Å²) in [7, 11) is 1.62. The molecule has 6 nitrogen and oxygen atoms in total. The number of benzene rings is 2. The average molecular weight is 344 g/mol. The number of ether oxygens (including phenoxy) is 4. The predicted octanol–water partition coefficient (Wildman–Crippen LogP) is 2.95. The minimum atomic E-state index is -0.883. The van der Waals surface area contributed by atoms with Gasteiger partial charge in [-0.1, -0.05) is 18.2 Å². The first kappa shape index (κ1) is 17.3. The second-order valence-corrected chi connectivity index (χ2v) is 5.65. The van der Waals surface area contributed by atoms with Crippen LogP contribution in [-0.4, -0.2) is 31.4 Å². The van der Waals surface area contributed by atoms with E-state index in [4.69, 9.17) is 24.1 Å². The lowest BCUT2D eigenvalue weighted by atomic mass is 10.1. The van der Waals surface area contributed by atoms with Gasteiger partial charge in [0.05, 0.1) is 32.3 Å². The Hall–Kier alpha value is -2.57. The molecule has 1 fully saturated rings. The second-order valence-electron chi connectivity index (χ2n) is 5.65. The van der Waals surface area contributed by atoms with Crippen LogP contribution in [0.1, 0.15) is 23.0 Å². The number of carbonyl (C=O) groups is 1. The van der Waals surface area contributed by atoms with E-state index in [-0.39, 0.29) is 6.42 Å². The Kier molecular flexibility index (Phi) is 5.53. The van der Waals surface area contributed by atoms with Crippen molar-refractivity contribution in [3.8, 4) is 11.5 Å². The van der Waals surface area contributed by atoms with Gasteiger partial charge in [0.25, 0.3) is 0 Å². The molecule has 0 spiro atoms. The van der Waals surface area contributed by atoms with E-state index in [1.807, 2.05) is 24.3 Å². The first-order valence-corrected chi connectivity index (χ1v) is 7.99. The summed E-state index contributed by atoms with van der Waals surface area (Å²) in [4.78, 5) is 10.9. The van der Waals surface area contributed by atoms with Gasteiger partial charge in [0.15, 0.2) is 6.29 Å². The van der Waals surface area contributed by atoms with Crippen LogP contribution in [-0.2, 0) is 27.3 Å². The van der Waals surface area contributed by atoms with Gasteiger partial charge in [-0.2, -0.15) is 0 Å². The summed E-state index contributed by atoms with van der Waals surface area (Å²) < 4.78 is 22.2. The van der Waals surface area contributed by atoms with Crippen LogP contribution in [0.15, 0.2) is 42.5 Å². The Morgan fingerprint density at radius 2 is 1.80 bits per heavy atom. The zero-order chi connectivity index (χ0) is 17.6. The van der Waals surface area contributed by atoms with Gasteiger partial charge < -0.3 is 24.1 Å².